The number of benzene rings is 3. The summed E-state index contributed by atoms with van der Waals surface area (Å²) in [4.78, 5) is 33.3. The van der Waals surface area contributed by atoms with Gasteiger partial charge in [0, 0.05) is 5.56 Å². The molecule has 3 aromatic carbocycles. The Labute approximate surface area is 218 Å². The van der Waals surface area contributed by atoms with E-state index in [2.05, 4.69) is 6.07 Å². The molecule has 2 aliphatic rings. The van der Waals surface area contributed by atoms with Crippen LogP contribution in [-0.2, 0) is 16.0 Å². The van der Waals surface area contributed by atoms with Crippen molar-refractivity contribution in [3.8, 4) is 5.75 Å². The second kappa shape index (κ2) is 8.85. The van der Waals surface area contributed by atoms with E-state index in [9.17, 15) is 14.7 Å². The van der Waals surface area contributed by atoms with Gasteiger partial charge in [0.1, 0.15) is 11.5 Å². The van der Waals surface area contributed by atoms with E-state index in [0.717, 1.165) is 56.6 Å². The number of carbonyl (C=O) groups excluding carboxylic acids is 2. The minimum absolute atomic E-state index is 0.0684. The monoisotopic (exact) mass is 510 g/mol. The number of thiazole rings is 1. The summed E-state index contributed by atoms with van der Waals surface area (Å²) in [5.41, 5.74) is 6.30. The van der Waals surface area contributed by atoms with Crippen molar-refractivity contribution in [2.75, 3.05) is 11.5 Å². The van der Waals surface area contributed by atoms with Crippen LogP contribution in [0.3, 0.4) is 0 Å². The van der Waals surface area contributed by atoms with Gasteiger partial charge >= 0.3 is 5.91 Å². The molecular formula is C30H26N2O4S. The van der Waals surface area contributed by atoms with Gasteiger partial charge in [-0.25, -0.2) is 4.98 Å². The lowest BCUT2D eigenvalue weighted by atomic mass is 9.93. The van der Waals surface area contributed by atoms with Gasteiger partial charge < -0.3 is 9.84 Å². The highest BCUT2D eigenvalue weighted by atomic mass is 32.1. The summed E-state index contributed by atoms with van der Waals surface area (Å²) in [5, 5.41) is 11.9. The van der Waals surface area contributed by atoms with Gasteiger partial charge in [0.25, 0.3) is 5.78 Å². The Kier molecular flexibility index (Phi) is 5.60. The second-order valence-corrected chi connectivity index (χ2v) is 10.8. The third kappa shape index (κ3) is 3.90. The van der Waals surface area contributed by atoms with Gasteiger partial charge in [-0.15, -0.1) is 0 Å². The van der Waals surface area contributed by atoms with Crippen molar-refractivity contribution in [1.82, 2.24) is 4.98 Å². The van der Waals surface area contributed by atoms with Gasteiger partial charge in [0.15, 0.2) is 5.13 Å². The molecule has 37 heavy (non-hydrogen) atoms. The van der Waals surface area contributed by atoms with E-state index in [1.807, 2.05) is 63.2 Å². The Morgan fingerprint density at radius 3 is 2.68 bits per heavy atom. The summed E-state index contributed by atoms with van der Waals surface area (Å²) < 4.78 is 6.65. The molecule has 6 nitrogen and oxygen atoms in total. The number of carbonyl (C=O) groups is 2. The average molecular weight is 511 g/mol. The molecule has 0 saturated carbocycles. The molecule has 1 unspecified atom stereocenters. The van der Waals surface area contributed by atoms with Crippen molar-refractivity contribution in [2.45, 2.75) is 39.7 Å². The second-order valence-electron chi connectivity index (χ2n) is 9.76. The summed E-state index contributed by atoms with van der Waals surface area (Å²) in [6, 6.07) is 16.4. The lowest BCUT2D eigenvalue weighted by Gasteiger charge is -2.23. The SMILES string of the molecule is Cc1cccc(C2/C(=C(\O)c3ccc4c(c3)CCCO4)C(=O)C(=O)N2c2nc3cc(C)c(C)cc3s2)c1. The number of hydrogen-bond donors (Lipinski definition) is 1. The van der Waals surface area contributed by atoms with Crippen LogP contribution in [0.2, 0.25) is 0 Å². The molecule has 0 radical (unpaired) electrons. The van der Waals surface area contributed by atoms with Gasteiger partial charge in [-0.1, -0.05) is 41.2 Å². The summed E-state index contributed by atoms with van der Waals surface area (Å²) >= 11 is 1.37. The minimum Gasteiger partial charge on any atom is -0.507 e. The predicted octanol–water partition coefficient (Wildman–Crippen LogP) is 6.17. The third-order valence-electron chi connectivity index (χ3n) is 7.18. The molecule has 0 spiro atoms. The number of hydrogen-bond acceptors (Lipinski definition) is 6. The highest BCUT2D eigenvalue weighted by Gasteiger charge is 2.48. The number of ether oxygens (including phenoxy) is 1. The van der Waals surface area contributed by atoms with Gasteiger partial charge in [-0.3, -0.25) is 14.5 Å². The number of Topliss-reactive ketones (excluding diaryl/α,β-unsaturated/α-hetero) is 1. The topological polar surface area (TPSA) is 79.7 Å². The van der Waals surface area contributed by atoms with Crippen molar-refractivity contribution in [3.05, 3.63) is 93.6 Å². The van der Waals surface area contributed by atoms with E-state index < -0.39 is 17.7 Å². The number of rotatable bonds is 3. The maximum atomic E-state index is 13.5. The Bertz CT molecular complexity index is 1600. The lowest BCUT2D eigenvalue weighted by Crippen LogP contribution is -2.29. The van der Waals surface area contributed by atoms with Crippen LogP contribution in [0.1, 0.15) is 45.8 Å². The molecule has 3 heterocycles. The summed E-state index contributed by atoms with van der Waals surface area (Å²) in [6.07, 6.45) is 1.72. The zero-order valence-electron chi connectivity index (χ0n) is 20.9. The number of amides is 1. The first kappa shape index (κ1) is 23.4. The van der Waals surface area contributed by atoms with E-state index in [-0.39, 0.29) is 11.3 Å². The zero-order valence-corrected chi connectivity index (χ0v) is 21.7. The number of aliphatic hydroxyl groups excluding tert-OH is 1. The Hall–Kier alpha value is -3.97. The Morgan fingerprint density at radius 2 is 1.86 bits per heavy atom. The minimum atomic E-state index is -0.796. The number of ketones is 1. The highest BCUT2D eigenvalue weighted by Crippen LogP contribution is 2.45. The fourth-order valence-electron chi connectivity index (χ4n) is 5.12. The molecule has 1 atom stereocenters. The third-order valence-corrected chi connectivity index (χ3v) is 8.20. The van der Waals surface area contributed by atoms with Gasteiger partial charge in [0.2, 0.25) is 0 Å². The molecule has 186 valence electrons. The number of nitrogens with zero attached hydrogens (tertiary/aromatic N) is 2. The van der Waals surface area contributed by atoms with Crippen LogP contribution in [0.5, 0.6) is 5.75 Å². The van der Waals surface area contributed by atoms with Gasteiger partial charge in [0.05, 0.1) is 28.4 Å². The predicted molar refractivity (Wildman–Crippen MR) is 145 cm³/mol. The quantitative estimate of drug-likeness (QED) is 0.202. The summed E-state index contributed by atoms with van der Waals surface area (Å²) in [5.74, 6) is -0.807. The van der Waals surface area contributed by atoms with Crippen molar-refractivity contribution in [3.63, 3.8) is 0 Å². The number of anilines is 1. The molecule has 0 aliphatic carbocycles. The van der Waals surface area contributed by atoms with E-state index in [4.69, 9.17) is 9.72 Å². The fourth-order valence-corrected chi connectivity index (χ4v) is 6.19. The number of aliphatic hydroxyl groups is 1. The molecule has 1 aromatic heterocycles. The maximum Gasteiger partial charge on any atom is 0.301 e. The van der Waals surface area contributed by atoms with Gasteiger partial charge in [-0.05, 0) is 86.2 Å². The summed E-state index contributed by atoms with van der Waals surface area (Å²) in [7, 11) is 0. The summed E-state index contributed by atoms with van der Waals surface area (Å²) in [6.45, 7) is 6.69. The van der Waals surface area contributed by atoms with Crippen LogP contribution in [0.15, 0.2) is 60.2 Å². The van der Waals surface area contributed by atoms with Crippen molar-refractivity contribution >= 4 is 44.1 Å². The largest absolute Gasteiger partial charge is 0.507 e. The molecular weight excluding hydrogens is 484 g/mol. The molecule has 1 amide bonds. The molecule has 4 aromatic rings. The van der Waals surface area contributed by atoms with E-state index >= 15 is 0 Å². The number of aromatic nitrogens is 1. The number of aryl methyl sites for hydroxylation is 4. The normalized spacial score (nSPS) is 18.8. The van der Waals surface area contributed by atoms with E-state index in [1.165, 1.54) is 16.2 Å². The highest BCUT2D eigenvalue weighted by molar-refractivity contribution is 7.22. The first-order valence-electron chi connectivity index (χ1n) is 12.3. The van der Waals surface area contributed by atoms with Crippen molar-refractivity contribution in [1.29, 1.82) is 0 Å². The van der Waals surface area contributed by atoms with Crippen LogP contribution >= 0.6 is 11.3 Å². The fraction of sp³-hybridized carbons (Fsp3) is 0.233. The smallest absolute Gasteiger partial charge is 0.301 e. The van der Waals surface area contributed by atoms with Crippen LogP contribution in [0.25, 0.3) is 16.0 Å². The van der Waals surface area contributed by atoms with Crippen LogP contribution < -0.4 is 9.64 Å². The van der Waals surface area contributed by atoms with Crippen LogP contribution in [0.4, 0.5) is 5.13 Å². The molecule has 1 fully saturated rings. The standard InChI is InChI=1S/C30H26N2O4S/c1-16-6-4-7-20(12-16)26-25(27(33)21-9-10-23-19(15-21)8-5-11-36-23)28(34)29(35)32(26)30-31-22-13-17(2)18(3)14-24(22)37-30/h4,6-7,9-10,12-15,26,33H,5,8,11H2,1-3H3/b27-25+. The van der Waals surface area contributed by atoms with E-state index in [1.54, 1.807) is 6.07 Å². The molecule has 1 N–H and O–H groups in total. The van der Waals surface area contributed by atoms with E-state index in [0.29, 0.717) is 17.3 Å². The van der Waals surface area contributed by atoms with Gasteiger partial charge in [-0.2, -0.15) is 0 Å². The Balaban J connectivity index is 1.55. The first-order chi connectivity index (χ1) is 17.8. The van der Waals surface area contributed by atoms with Crippen molar-refractivity contribution < 1.29 is 19.4 Å². The van der Waals surface area contributed by atoms with Crippen molar-refractivity contribution in [2.24, 2.45) is 0 Å². The number of fused-ring (bicyclic) bond motifs is 2. The molecule has 7 heteroatoms. The maximum absolute atomic E-state index is 13.5. The molecule has 1 saturated heterocycles. The molecule has 0 bridgehead atoms. The Morgan fingerprint density at radius 1 is 1.05 bits per heavy atom. The van der Waals surface area contributed by atoms with Crippen LogP contribution in [-0.4, -0.2) is 28.4 Å². The zero-order chi connectivity index (χ0) is 25.8. The average Bonchev–Trinajstić information content (AvgIpc) is 3.41. The van der Waals surface area contributed by atoms with Crippen LogP contribution in [0, 0.1) is 20.8 Å². The lowest BCUT2D eigenvalue weighted by molar-refractivity contribution is -0.132. The molecule has 2 aliphatic heterocycles. The first-order valence-corrected chi connectivity index (χ1v) is 13.1. The molecule has 6 rings (SSSR count).